The average Bonchev–Trinajstić information content (AvgIpc) is 3.75. The van der Waals surface area contributed by atoms with E-state index in [9.17, 15) is 0 Å². The highest BCUT2D eigenvalue weighted by Gasteiger charge is 2.21. The van der Waals surface area contributed by atoms with Crippen LogP contribution < -0.4 is 4.90 Å². The molecular formula is C46H29NO2. The fourth-order valence-corrected chi connectivity index (χ4v) is 7.36. The molecule has 8 aromatic carbocycles. The number of hydrogen-bond donors (Lipinski definition) is 0. The van der Waals surface area contributed by atoms with Crippen LogP contribution in [0.5, 0.6) is 0 Å². The molecule has 230 valence electrons. The molecule has 0 fully saturated rings. The predicted octanol–water partition coefficient (Wildman–Crippen LogP) is 13.4. The number of anilines is 3. The van der Waals surface area contributed by atoms with Crippen LogP contribution in [0.25, 0.3) is 76.9 Å². The lowest BCUT2D eigenvalue weighted by molar-refractivity contribution is 0.669. The number of nitrogens with zero attached hydrogens (tertiary/aromatic N) is 1. The van der Waals surface area contributed by atoms with Crippen LogP contribution in [-0.4, -0.2) is 0 Å². The van der Waals surface area contributed by atoms with Crippen LogP contribution >= 0.6 is 0 Å². The van der Waals surface area contributed by atoms with Gasteiger partial charge in [-0.15, -0.1) is 0 Å². The molecule has 10 rings (SSSR count). The van der Waals surface area contributed by atoms with Gasteiger partial charge in [0.25, 0.3) is 0 Å². The first-order valence-electron chi connectivity index (χ1n) is 16.6. The molecule has 10 aromatic rings. The summed E-state index contributed by atoms with van der Waals surface area (Å²) in [4.78, 5) is 2.31. The Balaban J connectivity index is 1.19. The van der Waals surface area contributed by atoms with Gasteiger partial charge in [-0.25, -0.2) is 0 Å². The third-order valence-electron chi connectivity index (χ3n) is 9.68. The van der Waals surface area contributed by atoms with Gasteiger partial charge in [-0.3, -0.25) is 0 Å². The zero-order valence-electron chi connectivity index (χ0n) is 26.5. The Kier molecular flexibility index (Phi) is 6.18. The smallest absolute Gasteiger partial charge is 0.159 e. The molecule has 0 aliphatic heterocycles. The van der Waals surface area contributed by atoms with Crippen molar-refractivity contribution in [3.63, 3.8) is 0 Å². The molecule has 0 aliphatic carbocycles. The van der Waals surface area contributed by atoms with E-state index in [1.807, 2.05) is 12.1 Å². The Bertz CT molecular complexity index is 2830. The molecule has 2 aromatic heterocycles. The molecule has 0 amide bonds. The molecule has 0 saturated carbocycles. The van der Waals surface area contributed by atoms with Gasteiger partial charge in [0.2, 0.25) is 0 Å². The Hall–Kier alpha value is -6.58. The van der Waals surface area contributed by atoms with Gasteiger partial charge >= 0.3 is 0 Å². The van der Waals surface area contributed by atoms with Crippen LogP contribution in [0.15, 0.2) is 185 Å². The van der Waals surface area contributed by atoms with Gasteiger partial charge in [0.1, 0.15) is 16.7 Å². The highest BCUT2D eigenvalue weighted by Crippen LogP contribution is 2.45. The summed E-state index contributed by atoms with van der Waals surface area (Å²) in [5.41, 5.74) is 11.3. The van der Waals surface area contributed by atoms with E-state index >= 15 is 0 Å². The van der Waals surface area contributed by atoms with E-state index < -0.39 is 0 Å². The number of hydrogen-bond acceptors (Lipinski definition) is 3. The zero-order valence-corrected chi connectivity index (χ0v) is 26.5. The standard InChI is InChI=1S/C46H29NO2/c1-2-11-30(12-3-1)35-14-6-7-15-36(35)32-21-24-33(25-22-32)47(34-26-28-44-41(29-34)38-17-8-9-20-43(38)48-44)42-19-10-18-39-40-27-23-31-13-4-5-16-37(31)45(40)49-46(39)42/h1-29H. The van der Waals surface area contributed by atoms with Crippen LogP contribution in [-0.2, 0) is 0 Å². The van der Waals surface area contributed by atoms with E-state index in [0.29, 0.717) is 0 Å². The fraction of sp³-hybridized carbons (Fsp3) is 0. The molecule has 2 heterocycles. The third kappa shape index (κ3) is 4.44. The van der Waals surface area contributed by atoms with Gasteiger partial charge in [0.05, 0.1) is 5.69 Å². The van der Waals surface area contributed by atoms with Crippen LogP contribution in [0.1, 0.15) is 0 Å². The Morgan fingerprint density at radius 2 is 0.980 bits per heavy atom. The van der Waals surface area contributed by atoms with Gasteiger partial charge in [-0.05, 0) is 76.2 Å². The second-order valence-electron chi connectivity index (χ2n) is 12.5. The highest BCUT2D eigenvalue weighted by molar-refractivity contribution is 6.17. The third-order valence-corrected chi connectivity index (χ3v) is 9.68. The quantitative estimate of drug-likeness (QED) is 0.190. The summed E-state index contributed by atoms with van der Waals surface area (Å²) in [6.45, 7) is 0. The number of benzene rings is 8. The molecule has 0 spiro atoms. The van der Waals surface area contributed by atoms with Crippen molar-refractivity contribution in [3.05, 3.63) is 176 Å². The van der Waals surface area contributed by atoms with Crippen molar-refractivity contribution in [1.82, 2.24) is 0 Å². The molecule has 0 N–H and O–H groups in total. The first-order valence-corrected chi connectivity index (χ1v) is 16.6. The zero-order chi connectivity index (χ0) is 32.3. The highest BCUT2D eigenvalue weighted by atomic mass is 16.3. The molecule has 49 heavy (non-hydrogen) atoms. The molecule has 3 nitrogen and oxygen atoms in total. The van der Waals surface area contributed by atoms with Crippen molar-refractivity contribution in [3.8, 4) is 22.3 Å². The van der Waals surface area contributed by atoms with E-state index in [1.165, 1.54) is 16.7 Å². The van der Waals surface area contributed by atoms with E-state index in [0.717, 1.165) is 77.3 Å². The molecule has 3 heteroatoms. The van der Waals surface area contributed by atoms with Crippen LogP contribution in [0.2, 0.25) is 0 Å². The number of rotatable bonds is 5. The topological polar surface area (TPSA) is 29.5 Å². The molecule has 0 atom stereocenters. The van der Waals surface area contributed by atoms with Crippen molar-refractivity contribution < 1.29 is 8.83 Å². The Labute approximate surface area is 282 Å². The van der Waals surface area contributed by atoms with Crippen LogP contribution in [0.3, 0.4) is 0 Å². The second kappa shape index (κ2) is 11.0. The molecular weight excluding hydrogens is 599 g/mol. The summed E-state index contributed by atoms with van der Waals surface area (Å²) in [5.74, 6) is 0. The maximum Gasteiger partial charge on any atom is 0.159 e. The van der Waals surface area contributed by atoms with E-state index in [-0.39, 0.29) is 0 Å². The Morgan fingerprint density at radius 3 is 1.82 bits per heavy atom. The molecule has 0 unspecified atom stereocenters. The van der Waals surface area contributed by atoms with Crippen molar-refractivity contribution >= 4 is 71.7 Å². The molecule has 0 radical (unpaired) electrons. The first-order chi connectivity index (χ1) is 24.3. The SMILES string of the molecule is c1ccc(-c2ccccc2-c2ccc(N(c3ccc4oc5ccccc5c4c3)c3cccc4c3oc3c5ccccc5ccc43)cc2)cc1. The lowest BCUT2D eigenvalue weighted by Crippen LogP contribution is -2.10. The molecule has 0 bridgehead atoms. The minimum absolute atomic E-state index is 0.851. The molecule has 0 aliphatic rings. The van der Waals surface area contributed by atoms with E-state index in [1.54, 1.807) is 0 Å². The lowest BCUT2D eigenvalue weighted by atomic mass is 9.94. The van der Waals surface area contributed by atoms with E-state index in [2.05, 4.69) is 169 Å². The van der Waals surface area contributed by atoms with Crippen LogP contribution in [0.4, 0.5) is 17.1 Å². The number of fused-ring (bicyclic) bond motifs is 8. The van der Waals surface area contributed by atoms with Crippen molar-refractivity contribution in [2.45, 2.75) is 0 Å². The predicted molar refractivity (Wildman–Crippen MR) is 204 cm³/mol. The van der Waals surface area contributed by atoms with Crippen molar-refractivity contribution in [1.29, 1.82) is 0 Å². The number of para-hydroxylation sites is 2. The van der Waals surface area contributed by atoms with Gasteiger partial charge < -0.3 is 13.7 Å². The average molecular weight is 628 g/mol. The Morgan fingerprint density at radius 1 is 0.347 bits per heavy atom. The normalized spacial score (nSPS) is 11.7. The van der Waals surface area contributed by atoms with Crippen molar-refractivity contribution in [2.75, 3.05) is 4.90 Å². The maximum absolute atomic E-state index is 6.86. The van der Waals surface area contributed by atoms with Gasteiger partial charge in [0, 0.05) is 38.3 Å². The fourth-order valence-electron chi connectivity index (χ4n) is 7.36. The van der Waals surface area contributed by atoms with Gasteiger partial charge in [0.15, 0.2) is 5.58 Å². The minimum atomic E-state index is 0.851. The maximum atomic E-state index is 6.86. The summed E-state index contributed by atoms with van der Waals surface area (Å²) in [5, 5.41) is 6.65. The number of furan rings is 2. The van der Waals surface area contributed by atoms with Gasteiger partial charge in [-0.2, -0.15) is 0 Å². The summed E-state index contributed by atoms with van der Waals surface area (Å²) in [7, 11) is 0. The second-order valence-corrected chi connectivity index (χ2v) is 12.5. The summed E-state index contributed by atoms with van der Waals surface area (Å²) < 4.78 is 13.1. The molecule has 0 saturated heterocycles. The summed E-state index contributed by atoms with van der Waals surface area (Å²) in [6, 6.07) is 62.0. The van der Waals surface area contributed by atoms with Crippen LogP contribution in [0, 0.1) is 0 Å². The van der Waals surface area contributed by atoms with E-state index in [4.69, 9.17) is 8.83 Å². The monoisotopic (exact) mass is 627 g/mol. The largest absolute Gasteiger partial charge is 0.456 e. The van der Waals surface area contributed by atoms with Gasteiger partial charge in [-0.1, -0.05) is 127 Å². The lowest BCUT2D eigenvalue weighted by Gasteiger charge is -2.26. The summed E-state index contributed by atoms with van der Waals surface area (Å²) >= 11 is 0. The first kappa shape index (κ1) is 27.5. The minimum Gasteiger partial charge on any atom is -0.456 e. The van der Waals surface area contributed by atoms with Crippen molar-refractivity contribution in [2.24, 2.45) is 0 Å². The summed E-state index contributed by atoms with van der Waals surface area (Å²) in [6.07, 6.45) is 0.